The first-order chi connectivity index (χ1) is 63.5. The molecule has 45 heteroatoms. The third kappa shape index (κ3) is 19.4. The van der Waals surface area contributed by atoms with E-state index in [0.717, 1.165) is 78.9 Å². The molecule has 8 aromatic rings. The van der Waals surface area contributed by atoms with Crippen LogP contribution in [0.25, 0.3) is 44.5 Å². The number of nitrogens with one attached hydrogen (secondary N) is 7. The SMILES string of the molecule is CC(C)C[C@H](C(=O)N[C@H]1C(=O)N[C@@H](CC(N)=O)C(=O)N[C@H]2C(=O)N[C@H]3C(=O)N[C@H](C(=O)N[C@H](C(=O)O)c4cc(O)cc(O)c4-c4cc3ccc4O)[C@H](O)c3ccc(c(Cl)c3)Oc3cc2cc(c3OC2OC(CO)C(O)C(O)C2OC2C[C@](C)([NH3+])C(O)C(C)O2)Oc2ccc(cc2Cl)[C@H]1O)N(C)c1nc(Cl)nc(Nc2ccc(-c3c4ccc(=O)cc-4oc4cc(O)ccc34)c(C(=O)O)c2)n1. The van der Waals surface area contributed by atoms with Crippen LogP contribution in [-0.4, -0.2) is 222 Å². The number of aliphatic hydroxyl groups is 6. The van der Waals surface area contributed by atoms with Crippen LogP contribution >= 0.6 is 34.8 Å². The molecular weight excluding hydrogens is 1820 g/mol. The highest BCUT2D eigenvalue weighted by Crippen LogP contribution is 2.51. The fourth-order valence-corrected chi connectivity index (χ4v) is 17.2. The largest absolute Gasteiger partial charge is 0.508 e. The van der Waals surface area contributed by atoms with Crippen LogP contribution in [0.15, 0.2) is 143 Å². The number of nitrogens with zero attached hydrogens (tertiary/aromatic N) is 4. The number of carbonyl (C=O) groups excluding carboxylic acids is 7. The number of amides is 7. The molecule has 0 spiro atoms. The Hall–Kier alpha value is -13.9. The minimum absolute atomic E-state index is 0.0671. The second-order valence-corrected chi connectivity index (χ2v) is 34.5. The minimum Gasteiger partial charge on any atom is -0.508 e. The van der Waals surface area contributed by atoms with Gasteiger partial charge >= 0.3 is 11.9 Å². The van der Waals surface area contributed by atoms with Crippen molar-refractivity contribution >= 4 is 117 Å². The number of carboxylic acids is 2. The summed E-state index contributed by atoms with van der Waals surface area (Å²) in [5.74, 6) is -19.7. The standard InChI is InChI=1S/C89H86Cl3N13O29/c1-32(2)18-51(105(5)88-103-86(92)102-87(104-88)95-38-9-12-42(45(24-38)83(124)125)63-43-13-10-39(107)27-56(43)131-57-28-40(108)11-14-44(57)63)78(119)100-68-70(113)35-7-16-54(48(90)20-35)129-58-22-37-23-59(74(58)134-85-75(73(116)72(115)60(31-106)132-85)133-62-30-89(4,94)76(117)33(3)128-62)130-55-17-8-36(21-49(55)91)71(114)69-82(123)99-67(84(126)127)47-25-41(109)26-53(111)64(47)46-19-34(6-15-52(46)110)65(79(120)101-69)98-80(121)66(37)97-77(118)50(29-61(93)112)96-81(68)122/h6-17,19-28,32-33,50-51,60,62,65-73,75-76,85,106-107,109-111,113-117H,18,29-31,94H2,1-5H3,(H2,93,112)(H,96,122)(H,97,118)(H,98,121)(H,99,123)(H,100,119)(H,101,120)(H,124,125)(H,126,127)(H,95,102,103,104)/p+1/t33?,50-,51+,60?,62?,65+,66+,67-,68+,69-,70+,71+,72?,73?,75?,76?,85?,89-/m0/s1. The molecule has 9 heterocycles. The highest BCUT2D eigenvalue weighted by atomic mass is 35.5. The number of anilines is 3. The molecule has 1 aliphatic carbocycles. The molecule has 9 aliphatic rings. The third-order valence-corrected chi connectivity index (χ3v) is 24.1. The van der Waals surface area contributed by atoms with Crippen LogP contribution in [0.1, 0.15) is 115 Å². The molecule has 134 heavy (non-hydrogen) atoms. The predicted molar refractivity (Wildman–Crippen MR) is 469 cm³/mol. The van der Waals surface area contributed by atoms with Crippen LogP contribution in [0.2, 0.25) is 15.3 Å². The maximum Gasteiger partial charge on any atom is 0.336 e. The zero-order valence-electron chi connectivity index (χ0n) is 70.9. The van der Waals surface area contributed by atoms with E-state index in [0.29, 0.717) is 16.5 Å². The molecule has 2 fully saturated rings. The normalized spacial score (nSPS) is 25.0. The Labute approximate surface area is 772 Å². The highest BCUT2D eigenvalue weighted by molar-refractivity contribution is 6.32. The lowest BCUT2D eigenvalue weighted by Crippen LogP contribution is -2.81. The molecule has 1 aromatic heterocycles. The molecule has 42 nitrogen and oxygen atoms in total. The predicted octanol–water partition coefficient (Wildman–Crippen LogP) is 4.17. The zero-order valence-corrected chi connectivity index (χ0v) is 73.2. The van der Waals surface area contributed by atoms with E-state index in [1.807, 2.05) is 0 Å². The van der Waals surface area contributed by atoms with Gasteiger partial charge in [0, 0.05) is 64.1 Å². The molecule has 18 atom stereocenters. The number of aliphatic carboxylic acids is 1. The van der Waals surface area contributed by atoms with Gasteiger partial charge in [0.1, 0.15) is 124 Å². The fourth-order valence-electron chi connectivity index (χ4n) is 16.6. The summed E-state index contributed by atoms with van der Waals surface area (Å²) >= 11 is 21.0. The van der Waals surface area contributed by atoms with Gasteiger partial charge in [0.05, 0.1) is 41.2 Å². The number of phenolic OH excluding ortho intramolecular Hbond substituents is 4. The monoisotopic (exact) mass is 1910 g/mol. The number of benzene rings is 8. The molecule has 11 bridgehead atoms. The number of hydrogen-bond acceptors (Lipinski definition) is 32. The summed E-state index contributed by atoms with van der Waals surface area (Å²) in [5.41, 5.74) is 5.90. The van der Waals surface area contributed by atoms with Crippen molar-refractivity contribution < 1.29 is 143 Å². The number of primary amides is 1. The molecule has 24 N–H and O–H groups in total. The molecule has 2 saturated heterocycles. The summed E-state index contributed by atoms with van der Waals surface area (Å²) in [6.45, 7) is 5.52. The molecule has 8 aliphatic heterocycles. The second kappa shape index (κ2) is 38.0. The quantitative estimate of drug-likeness (QED) is 0.0536. The third-order valence-electron chi connectivity index (χ3n) is 23.3. The summed E-state index contributed by atoms with van der Waals surface area (Å²) in [4.78, 5) is 161. The Bertz CT molecular complexity index is 6430. The number of aromatic carboxylic acids is 1. The van der Waals surface area contributed by atoms with Crippen LogP contribution in [-0.2, 0) is 52.6 Å². The fraction of sp³-hybridized carbons (Fsp3) is 0.315. The Kier molecular flexibility index (Phi) is 26.9. The summed E-state index contributed by atoms with van der Waals surface area (Å²) in [7, 11) is 1.35. The van der Waals surface area contributed by atoms with Crippen molar-refractivity contribution in [1.82, 2.24) is 46.9 Å². The van der Waals surface area contributed by atoms with Gasteiger partial charge < -0.3 is 148 Å². The Morgan fingerprint density at radius 3 is 1.96 bits per heavy atom. The van der Waals surface area contributed by atoms with Crippen LogP contribution in [0, 0.1) is 5.92 Å². The number of rotatable bonds is 18. The second-order valence-electron chi connectivity index (χ2n) is 33.4. The molecule has 0 radical (unpaired) electrons. The summed E-state index contributed by atoms with van der Waals surface area (Å²) in [5, 5.41) is 154. The minimum atomic E-state index is -2.46. The van der Waals surface area contributed by atoms with Crippen LogP contribution in [0.3, 0.4) is 0 Å². The van der Waals surface area contributed by atoms with Gasteiger partial charge in [0.25, 0.3) is 0 Å². The van der Waals surface area contributed by atoms with Gasteiger partial charge in [-0.15, -0.1) is 0 Å². The van der Waals surface area contributed by atoms with E-state index in [9.17, 15) is 80.5 Å². The zero-order chi connectivity index (χ0) is 96.4. The average Bonchev–Trinajstić information content (AvgIpc) is 0.746. The van der Waals surface area contributed by atoms with E-state index in [1.165, 1.54) is 73.5 Å². The van der Waals surface area contributed by atoms with E-state index in [-0.39, 0.29) is 69.8 Å². The molecule has 0 saturated carbocycles. The van der Waals surface area contributed by atoms with Crippen LogP contribution < -0.4 is 73.2 Å². The molecule has 17 rings (SSSR count). The first kappa shape index (κ1) is 94.8. The number of halogens is 3. The lowest BCUT2D eigenvalue weighted by molar-refractivity contribution is -0.518. The van der Waals surface area contributed by atoms with E-state index < -0.39 is 276 Å². The van der Waals surface area contributed by atoms with Crippen molar-refractivity contribution in [3.8, 4) is 85.3 Å². The number of aliphatic hydroxyl groups excluding tert-OH is 6. The number of phenols is 4. The van der Waals surface area contributed by atoms with Crippen molar-refractivity contribution in [1.29, 1.82) is 0 Å². The number of hydrogen-bond donors (Lipinski definition) is 21. The number of aromatic nitrogens is 3. The van der Waals surface area contributed by atoms with Crippen LogP contribution in [0.4, 0.5) is 17.6 Å². The van der Waals surface area contributed by atoms with E-state index >= 15 is 28.8 Å². The van der Waals surface area contributed by atoms with Gasteiger partial charge in [-0.2, -0.15) is 15.0 Å². The van der Waals surface area contributed by atoms with Crippen LogP contribution in [0.5, 0.6) is 51.7 Å². The van der Waals surface area contributed by atoms with Crippen molar-refractivity contribution in [2.75, 3.05) is 23.9 Å². The number of carbonyl (C=O) groups is 9. The lowest BCUT2D eigenvalue weighted by Gasteiger charge is -2.45. The van der Waals surface area contributed by atoms with Gasteiger partial charge in [-0.1, -0.05) is 61.3 Å². The molecule has 702 valence electrons. The summed E-state index contributed by atoms with van der Waals surface area (Å²) in [6, 6.07) is 9.98. The molecule has 8 unspecified atom stereocenters. The molecular formula is C89H87Cl3N13O29+. The van der Waals surface area contributed by atoms with Crippen molar-refractivity contribution in [2.24, 2.45) is 11.7 Å². The average molecular weight is 1910 g/mol. The van der Waals surface area contributed by atoms with Gasteiger partial charge in [0.2, 0.25) is 70.6 Å². The number of ether oxygens (including phenoxy) is 6. The van der Waals surface area contributed by atoms with Crippen molar-refractivity contribution in [2.45, 2.75) is 156 Å². The maximum atomic E-state index is 16.4. The first-order valence-corrected chi connectivity index (χ1v) is 42.5. The number of aromatic hydroxyl groups is 4. The smallest absolute Gasteiger partial charge is 0.336 e. The van der Waals surface area contributed by atoms with E-state index in [1.54, 1.807) is 20.8 Å². The van der Waals surface area contributed by atoms with Gasteiger partial charge in [-0.3, -0.25) is 38.4 Å². The summed E-state index contributed by atoms with van der Waals surface area (Å²) in [6.07, 6.45) is -19.4. The van der Waals surface area contributed by atoms with E-state index in [4.69, 9.17) is 73.4 Å². The highest BCUT2D eigenvalue weighted by Gasteiger charge is 2.53. The Balaban J connectivity index is 0.854. The number of quaternary nitrogens is 1. The number of likely N-dealkylation sites (N-methyl/N-ethyl adjacent to an activating group) is 1. The van der Waals surface area contributed by atoms with E-state index in [2.05, 4.69) is 57.9 Å². The topological polar surface area (TPSA) is 662 Å². The maximum absolute atomic E-state index is 16.4. The number of nitrogens with two attached hydrogens (primary N) is 1. The van der Waals surface area contributed by atoms with Gasteiger partial charge in [0.15, 0.2) is 35.4 Å². The number of fused-ring (bicyclic) bond motifs is 17. The Morgan fingerprint density at radius 2 is 1.31 bits per heavy atom. The summed E-state index contributed by atoms with van der Waals surface area (Å²) < 4.78 is 44.8. The van der Waals surface area contributed by atoms with Gasteiger partial charge in [-0.25, -0.2) is 9.59 Å². The lowest BCUT2D eigenvalue weighted by atomic mass is 9.86. The van der Waals surface area contributed by atoms with Crippen molar-refractivity contribution in [3.05, 3.63) is 192 Å². The Morgan fingerprint density at radius 1 is 0.657 bits per heavy atom. The number of carboxylic acid groups (broad SMARTS) is 2. The van der Waals surface area contributed by atoms with Gasteiger partial charge in [-0.05, 0) is 157 Å². The van der Waals surface area contributed by atoms with Crippen molar-refractivity contribution in [3.63, 3.8) is 0 Å². The molecule has 7 aromatic carbocycles. The first-order valence-electron chi connectivity index (χ1n) is 41.3. The molecule has 7 amide bonds.